The summed E-state index contributed by atoms with van der Waals surface area (Å²) in [7, 11) is 0. The van der Waals surface area contributed by atoms with Gasteiger partial charge in [-0.1, -0.05) is 18.2 Å². The fraction of sp³-hybridized carbons (Fsp3) is 0.125. The second-order valence-corrected chi connectivity index (χ2v) is 2.00. The van der Waals surface area contributed by atoms with E-state index in [0.717, 1.165) is 0 Å². The van der Waals surface area contributed by atoms with Crippen LogP contribution in [0.5, 0.6) is 5.75 Å². The first-order chi connectivity index (χ1) is 5.29. The normalized spacial score (nSPS) is 8.33. The van der Waals surface area contributed by atoms with Gasteiger partial charge < -0.3 is 9.84 Å². The average molecular weight is 361 g/mol. The minimum absolute atomic E-state index is 0. The van der Waals surface area contributed by atoms with Crippen molar-refractivity contribution in [2.45, 2.75) is 0 Å². The summed E-state index contributed by atoms with van der Waals surface area (Å²) in [6.45, 7) is -0.288. The predicted octanol–water partition coefficient (Wildman–Crippen LogP) is 0.234. The summed E-state index contributed by atoms with van der Waals surface area (Å²) in [6, 6.07) is 8.84. The minimum atomic E-state index is -0.964. The summed E-state index contributed by atoms with van der Waals surface area (Å²) in [5.74, 6) is -0.385. The van der Waals surface area contributed by atoms with E-state index in [9.17, 15) is 4.79 Å². The standard InChI is InChI=1S/C8H8O3.Pb.2H/c9-8(10)6-11-7-4-2-1-3-5-7;;;/h1-5H,6H2,(H,9,10);;;. The maximum atomic E-state index is 10.0. The number of hydrogen-bond donors (Lipinski definition) is 1. The van der Waals surface area contributed by atoms with E-state index in [1.165, 1.54) is 0 Å². The molecule has 1 aromatic rings. The van der Waals surface area contributed by atoms with Crippen molar-refractivity contribution < 1.29 is 14.6 Å². The van der Waals surface area contributed by atoms with Crippen LogP contribution in [-0.2, 0) is 4.79 Å². The van der Waals surface area contributed by atoms with Gasteiger partial charge in [-0.15, -0.1) is 0 Å². The predicted molar refractivity (Wildman–Crippen MR) is 48.1 cm³/mol. The third kappa shape index (κ3) is 4.32. The number of para-hydroxylation sites is 1. The monoisotopic (exact) mass is 362 g/mol. The summed E-state index contributed by atoms with van der Waals surface area (Å²) < 4.78 is 4.87. The number of carboxylic acid groups (broad SMARTS) is 1. The molecule has 64 valence electrons. The first kappa shape index (κ1) is 11.4. The van der Waals surface area contributed by atoms with Gasteiger partial charge in [0.15, 0.2) is 6.61 Å². The van der Waals surface area contributed by atoms with Crippen molar-refractivity contribution in [3.63, 3.8) is 0 Å². The molecule has 4 heteroatoms. The fourth-order valence-corrected chi connectivity index (χ4v) is 0.662. The van der Waals surface area contributed by atoms with Crippen LogP contribution in [0.1, 0.15) is 0 Å². The number of carboxylic acids is 1. The van der Waals surface area contributed by atoms with Crippen molar-refractivity contribution in [3.05, 3.63) is 30.3 Å². The Balaban J connectivity index is 0.00000121. The van der Waals surface area contributed by atoms with E-state index in [4.69, 9.17) is 9.84 Å². The number of hydrogen-bond acceptors (Lipinski definition) is 2. The molecule has 0 saturated heterocycles. The van der Waals surface area contributed by atoms with E-state index in [0.29, 0.717) is 5.75 Å². The number of rotatable bonds is 3. The molecule has 0 saturated carbocycles. The molecule has 2 radical (unpaired) electrons. The summed E-state index contributed by atoms with van der Waals surface area (Å²) in [5.41, 5.74) is 0. The average Bonchev–Trinajstić information content (AvgIpc) is 2.03. The van der Waals surface area contributed by atoms with E-state index in [1.807, 2.05) is 6.07 Å². The van der Waals surface area contributed by atoms with Crippen molar-refractivity contribution >= 4 is 33.3 Å². The third-order valence-corrected chi connectivity index (χ3v) is 1.11. The Morgan fingerprint density at radius 2 is 1.92 bits per heavy atom. The zero-order valence-electron chi connectivity index (χ0n) is 6.56. The number of aliphatic carboxylic acids is 1. The molecule has 0 unspecified atom stereocenters. The molecule has 0 atom stereocenters. The fourth-order valence-electron chi connectivity index (χ4n) is 0.662. The Hall–Kier alpha value is -0.588. The molecular weight excluding hydrogens is 351 g/mol. The van der Waals surface area contributed by atoms with Crippen molar-refractivity contribution in [2.24, 2.45) is 0 Å². The van der Waals surface area contributed by atoms with E-state index in [1.54, 1.807) is 24.3 Å². The molecule has 0 amide bonds. The van der Waals surface area contributed by atoms with Gasteiger partial charge in [-0.05, 0) is 12.1 Å². The SMILES string of the molecule is O=C(O)COc1ccccc1.[PbH2]. The van der Waals surface area contributed by atoms with Gasteiger partial charge in [0, 0.05) is 0 Å². The van der Waals surface area contributed by atoms with E-state index in [2.05, 4.69) is 0 Å². The van der Waals surface area contributed by atoms with E-state index < -0.39 is 5.97 Å². The van der Waals surface area contributed by atoms with Crippen LogP contribution in [0.2, 0.25) is 0 Å². The van der Waals surface area contributed by atoms with Crippen LogP contribution in [0, 0.1) is 0 Å². The molecule has 0 aliphatic rings. The van der Waals surface area contributed by atoms with Crippen LogP contribution < -0.4 is 4.74 Å². The number of benzene rings is 1. The first-order valence-electron chi connectivity index (χ1n) is 3.18. The van der Waals surface area contributed by atoms with Gasteiger partial charge in [0.1, 0.15) is 5.75 Å². The topological polar surface area (TPSA) is 46.5 Å². The second-order valence-electron chi connectivity index (χ2n) is 2.00. The summed E-state index contributed by atoms with van der Waals surface area (Å²) in [6.07, 6.45) is 0. The summed E-state index contributed by atoms with van der Waals surface area (Å²) in [5, 5.41) is 8.25. The van der Waals surface area contributed by atoms with Crippen LogP contribution in [0.25, 0.3) is 0 Å². The van der Waals surface area contributed by atoms with Gasteiger partial charge >= 0.3 is 33.3 Å². The summed E-state index contributed by atoms with van der Waals surface area (Å²) >= 11 is 0. The van der Waals surface area contributed by atoms with Gasteiger partial charge in [0.25, 0.3) is 0 Å². The van der Waals surface area contributed by atoms with Crippen LogP contribution >= 0.6 is 0 Å². The van der Waals surface area contributed by atoms with Gasteiger partial charge in [-0.3, -0.25) is 0 Å². The van der Waals surface area contributed by atoms with Gasteiger partial charge in [-0.25, -0.2) is 4.79 Å². The molecule has 12 heavy (non-hydrogen) atoms. The Labute approximate surface area is 90.5 Å². The maximum absolute atomic E-state index is 10.0. The third-order valence-electron chi connectivity index (χ3n) is 1.11. The zero-order valence-corrected chi connectivity index (χ0v) is 12.1. The molecule has 1 aromatic carbocycles. The quantitative estimate of drug-likeness (QED) is 0.785. The number of ether oxygens (including phenoxy) is 1. The molecular formula is C8H10O3Pb. The Morgan fingerprint density at radius 3 is 2.42 bits per heavy atom. The molecule has 0 aromatic heterocycles. The van der Waals surface area contributed by atoms with Gasteiger partial charge in [0.2, 0.25) is 0 Å². The Bertz CT molecular complexity index is 235. The van der Waals surface area contributed by atoms with E-state index >= 15 is 0 Å². The van der Waals surface area contributed by atoms with Crippen molar-refractivity contribution in [1.82, 2.24) is 0 Å². The molecule has 0 aliphatic heterocycles. The van der Waals surface area contributed by atoms with Crippen molar-refractivity contribution in [1.29, 1.82) is 0 Å². The van der Waals surface area contributed by atoms with Crippen LogP contribution in [0.4, 0.5) is 0 Å². The van der Waals surface area contributed by atoms with Crippen molar-refractivity contribution in [3.8, 4) is 5.75 Å². The molecule has 1 N–H and O–H groups in total. The Morgan fingerprint density at radius 1 is 1.33 bits per heavy atom. The molecule has 0 bridgehead atoms. The van der Waals surface area contributed by atoms with E-state index in [-0.39, 0.29) is 33.9 Å². The van der Waals surface area contributed by atoms with Crippen LogP contribution in [-0.4, -0.2) is 45.0 Å². The van der Waals surface area contributed by atoms with Crippen molar-refractivity contribution in [2.75, 3.05) is 6.61 Å². The molecule has 1 rings (SSSR count). The Kier molecular flexibility index (Phi) is 5.69. The van der Waals surface area contributed by atoms with Crippen LogP contribution in [0.3, 0.4) is 0 Å². The van der Waals surface area contributed by atoms with Gasteiger partial charge in [-0.2, -0.15) is 0 Å². The van der Waals surface area contributed by atoms with Gasteiger partial charge in [0.05, 0.1) is 0 Å². The molecule has 3 nitrogen and oxygen atoms in total. The molecule has 0 spiro atoms. The molecule has 0 heterocycles. The zero-order chi connectivity index (χ0) is 8.10. The number of carbonyl (C=O) groups is 1. The van der Waals surface area contributed by atoms with Crippen LogP contribution in [0.15, 0.2) is 30.3 Å². The summed E-state index contributed by atoms with van der Waals surface area (Å²) in [4.78, 5) is 10.0. The molecule has 0 aliphatic carbocycles. The first-order valence-corrected chi connectivity index (χ1v) is 3.18. The second kappa shape index (κ2) is 5.99. The molecule has 0 fully saturated rings.